The van der Waals surface area contributed by atoms with Crippen LogP contribution in [0, 0.1) is 0 Å². The molecule has 0 N–H and O–H groups in total. The van der Waals surface area contributed by atoms with Crippen molar-refractivity contribution in [3.63, 3.8) is 0 Å². The zero-order chi connectivity index (χ0) is 50.2. The van der Waals surface area contributed by atoms with Gasteiger partial charge >= 0.3 is 23.9 Å². The zero-order valence-corrected chi connectivity index (χ0v) is 47.3. The van der Waals surface area contributed by atoms with Crippen molar-refractivity contribution in [3.05, 3.63) is 0 Å². The standard InChI is InChI=1S/C63H122O6/c1-5-9-12-15-18-21-24-27-30-33-36-39-42-45-48-51-54-57-60(64)67-63(8-4,68-61(65)58-55-52-49-46-43-40-37-34-31-28-25-22-19-16-13-10-6-2)69-62(66)59-56-53-50-47-44-41-38-35-32-29-26-23-20-17-14-11-7-3/h5-59H2,1-4H3. The molecule has 0 saturated heterocycles. The van der Waals surface area contributed by atoms with Crippen LogP contribution in [0.5, 0.6) is 0 Å². The third-order valence-corrected chi connectivity index (χ3v) is 14.7. The summed E-state index contributed by atoms with van der Waals surface area (Å²) in [5.41, 5.74) is 0. The Morgan fingerprint density at radius 3 is 0.478 bits per heavy atom. The van der Waals surface area contributed by atoms with Crippen LogP contribution in [0.4, 0.5) is 0 Å². The third kappa shape index (κ3) is 51.1. The highest BCUT2D eigenvalue weighted by Crippen LogP contribution is 2.26. The molecule has 0 atom stereocenters. The molecule has 0 unspecified atom stereocenters. The van der Waals surface area contributed by atoms with E-state index in [1.54, 1.807) is 6.92 Å². The van der Waals surface area contributed by atoms with E-state index in [0.29, 0.717) is 0 Å². The average Bonchev–Trinajstić information content (AvgIpc) is 3.34. The number of carbonyl (C=O) groups is 3. The average molecular weight is 976 g/mol. The van der Waals surface area contributed by atoms with Gasteiger partial charge in [-0.2, -0.15) is 0 Å². The SMILES string of the molecule is CCCCCCCCCCCCCCCCCCCC(=O)OC(CC)(OC(=O)CCCCCCCCCCCCCCCCCCC)OC(=O)CCCCCCCCCCCCCCCCCCC. The van der Waals surface area contributed by atoms with Gasteiger partial charge in [-0.05, 0) is 19.3 Å². The smallest absolute Gasteiger partial charge is 0.388 e. The van der Waals surface area contributed by atoms with Crippen LogP contribution in [0.1, 0.15) is 381 Å². The Kier molecular flexibility index (Phi) is 54.4. The predicted molar refractivity (Wildman–Crippen MR) is 298 cm³/mol. The highest BCUT2D eigenvalue weighted by atomic mass is 16.9. The van der Waals surface area contributed by atoms with E-state index in [0.717, 1.165) is 57.8 Å². The fraction of sp³-hybridized carbons (Fsp3) is 0.952. The summed E-state index contributed by atoms with van der Waals surface area (Å²) in [6, 6.07) is 0. The second-order valence-electron chi connectivity index (χ2n) is 21.7. The van der Waals surface area contributed by atoms with Gasteiger partial charge in [0, 0.05) is 19.3 Å². The van der Waals surface area contributed by atoms with Gasteiger partial charge in [0.1, 0.15) is 0 Å². The topological polar surface area (TPSA) is 78.9 Å². The van der Waals surface area contributed by atoms with Crippen molar-refractivity contribution in [1.82, 2.24) is 0 Å². The Labute approximate surface area is 431 Å². The monoisotopic (exact) mass is 975 g/mol. The largest absolute Gasteiger partial charge is 0.423 e. The quantitative estimate of drug-likeness (QED) is 0.0343. The number of carbonyl (C=O) groups excluding carboxylic acids is 3. The Morgan fingerprint density at radius 1 is 0.217 bits per heavy atom. The van der Waals surface area contributed by atoms with E-state index in [1.807, 2.05) is 0 Å². The van der Waals surface area contributed by atoms with Crippen LogP contribution in [-0.4, -0.2) is 23.9 Å². The Hall–Kier alpha value is -1.59. The fourth-order valence-corrected chi connectivity index (χ4v) is 9.94. The molecule has 0 rings (SSSR count). The predicted octanol–water partition coefficient (Wildman–Crippen LogP) is 21.8. The molecule has 0 aliphatic heterocycles. The minimum Gasteiger partial charge on any atom is -0.388 e. The lowest BCUT2D eigenvalue weighted by Gasteiger charge is -2.30. The van der Waals surface area contributed by atoms with Crippen LogP contribution >= 0.6 is 0 Å². The number of esters is 3. The summed E-state index contributed by atoms with van der Waals surface area (Å²) in [7, 11) is 0. The second kappa shape index (κ2) is 55.7. The van der Waals surface area contributed by atoms with Crippen molar-refractivity contribution in [2.75, 3.05) is 0 Å². The van der Waals surface area contributed by atoms with Crippen molar-refractivity contribution in [2.45, 2.75) is 387 Å². The molecule has 410 valence electrons. The van der Waals surface area contributed by atoms with Gasteiger partial charge in [-0.1, -0.05) is 336 Å². The van der Waals surface area contributed by atoms with Crippen LogP contribution in [0.25, 0.3) is 0 Å². The van der Waals surface area contributed by atoms with Crippen molar-refractivity contribution >= 4 is 17.9 Å². The maximum Gasteiger partial charge on any atom is 0.423 e. The molecule has 0 spiro atoms. The molecule has 0 bridgehead atoms. The van der Waals surface area contributed by atoms with Gasteiger partial charge < -0.3 is 14.2 Å². The van der Waals surface area contributed by atoms with Gasteiger partial charge in [-0.15, -0.1) is 0 Å². The van der Waals surface area contributed by atoms with E-state index in [2.05, 4.69) is 20.8 Å². The summed E-state index contributed by atoms with van der Waals surface area (Å²) in [6.45, 7) is 8.61. The molecule has 6 heteroatoms. The van der Waals surface area contributed by atoms with Crippen molar-refractivity contribution < 1.29 is 28.6 Å². The molecule has 0 radical (unpaired) electrons. The van der Waals surface area contributed by atoms with Crippen LogP contribution in [0.2, 0.25) is 0 Å². The maximum atomic E-state index is 13.2. The number of hydrogen-bond donors (Lipinski definition) is 0. The van der Waals surface area contributed by atoms with E-state index in [-0.39, 0.29) is 25.7 Å². The normalized spacial score (nSPS) is 11.7. The van der Waals surface area contributed by atoms with Gasteiger partial charge in [0.25, 0.3) is 0 Å². The molecule has 0 saturated carbocycles. The second-order valence-corrected chi connectivity index (χ2v) is 21.7. The minimum absolute atomic E-state index is 0.0767. The lowest BCUT2D eigenvalue weighted by atomic mass is 10.0. The lowest BCUT2D eigenvalue weighted by Crippen LogP contribution is -2.44. The molecule has 0 fully saturated rings. The van der Waals surface area contributed by atoms with Crippen molar-refractivity contribution in [1.29, 1.82) is 0 Å². The Bertz CT molecular complexity index is 932. The zero-order valence-electron chi connectivity index (χ0n) is 47.3. The van der Waals surface area contributed by atoms with E-state index in [1.165, 1.54) is 270 Å². The summed E-state index contributed by atoms with van der Waals surface area (Å²) >= 11 is 0. The maximum absolute atomic E-state index is 13.2. The summed E-state index contributed by atoms with van der Waals surface area (Å²) in [5.74, 6) is -3.37. The molecule has 0 aliphatic carbocycles. The lowest BCUT2D eigenvalue weighted by molar-refractivity contribution is -0.331. The molecule has 0 aromatic heterocycles. The van der Waals surface area contributed by atoms with E-state index >= 15 is 0 Å². The summed E-state index contributed by atoms with van der Waals surface area (Å²) in [5, 5.41) is 0. The van der Waals surface area contributed by atoms with Crippen molar-refractivity contribution in [2.24, 2.45) is 0 Å². The number of ether oxygens (including phenoxy) is 3. The highest BCUT2D eigenvalue weighted by molar-refractivity contribution is 5.74. The Balaban J connectivity index is 4.53. The summed E-state index contributed by atoms with van der Waals surface area (Å²) in [4.78, 5) is 39.6. The number of unbranched alkanes of at least 4 members (excludes halogenated alkanes) is 48. The fourth-order valence-electron chi connectivity index (χ4n) is 9.94. The first-order chi connectivity index (χ1) is 33.9. The van der Waals surface area contributed by atoms with Crippen LogP contribution in [-0.2, 0) is 28.6 Å². The van der Waals surface area contributed by atoms with Gasteiger partial charge in [-0.3, -0.25) is 14.4 Å². The molecule has 0 aromatic rings. The molecule has 0 heterocycles. The van der Waals surface area contributed by atoms with Gasteiger partial charge in [0.2, 0.25) is 0 Å². The van der Waals surface area contributed by atoms with Gasteiger partial charge in [0.15, 0.2) is 0 Å². The first-order valence-electron chi connectivity index (χ1n) is 31.6. The van der Waals surface area contributed by atoms with E-state index in [9.17, 15) is 14.4 Å². The summed E-state index contributed by atoms with van der Waals surface area (Å²) < 4.78 is 17.4. The molecule has 69 heavy (non-hydrogen) atoms. The van der Waals surface area contributed by atoms with Gasteiger partial charge in [-0.25, -0.2) is 0 Å². The van der Waals surface area contributed by atoms with Crippen LogP contribution < -0.4 is 0 Å². The first kappa shape index (κ1) is 67.4. The van der Waals surface area contributed by atoms with Crippen LogP contribution in [0.15, 0.2) is 0 Å². The van der Waals surface area contributed by atoms with Gasteiger partial charge in [0.05, 0.1) is 6.42 Å². The minimum atomic E-state index is -1.98. The van der Waals surface area contributed by atoms with Crippen LogP contribution in [0.3, 0.4) is 0 Å². The van der Waals surface area contributed by atoms with E-state index in [4.69, 9.17) is 14.2 Å². The number of rotatable bonds is 58. The Morgan fingerprint density at radius 2 is 0.348 bits per heavy atom. The molecule has 0 amide bonds. The molecular weight excluding hydrogens is 853 g/mol. The van der Waals surface area contributed by atoms with Crippen molar-refractivity contribution in [3.8, 4) is 0 Å². The summed E-state index contributed by atoms with van der Waals surface area (Å²) in [6.07, 6.45) is 66.0. The van der Waals surface area contributed by atoms with E-state index < -0.39 is 23.9 Å². The molecule has 0 aromatic carbocycles. The first-order valence-corrected chi connectivity index (χ1v) is 31.6. The molecular formula is C63H122O6. The number of hydrogen-bond acceptors (Lipinski definition) is 6. The third-order valence-electron chi connectivity index (χ3n) is 14.7. The molecule has 0 aliphatic rings. The highest BCUT2D eigenvalue weighted by Gasteiger charge is 2.41. The molecule has 6 nitrogen and oxygen atoms in total.